The smallest absolute Gasteiger partial charge is 0.400 e. The van der Waals surface area contributed by atoms with E-state index in [9.17, 15) is 0 Å². The number of ether oxygens (including phenoxy) is 1. The second kappa shape index (κ2) is 3.61. The lowest BCUT2D eigenvalue weighted by atomic mass is 9.87. The van der Waals surface area contributed by atoms with Gasteiger partial charge in [-0.3, -0.25) is 0 Å². The van der Waals surface area contributed by atoms with Gasteiger partial charge in [0.1, 0.15) is 0 Å². The number of hydrogen-bond acceptors (Lipinski definition) is 3. The Labute approximate surface area is 91.9 Å². The van der Waals surface area contributed by atoms with Crippen LogP contribution in [0.5, 0.6) is 0 Å². The van der Waals surface area contributed by atoms with Crippen molar-refractivity contribution in [3.8, 4) is 0 Å². The lowest BCUT2D eigenvalue weighted by Crippen LogP contribution is -2.41. The molecule has 2 rings (SSSR count). The summed E-state index contributed by atoms with van der Waals surface area (Å²) in [6.07, 6.45) is 1.00. The molecule has 4 heteroatoms. The van der Waals surface area contributed by atoms with Gasteiger partial charge in [-0.25, -0.2) is 0 Å². The van der Waals surface area contributed by atoms with E-state index in [1.807, 2.05) is 0 Å². The molecule has 15 heavy (non-hydrogen) atoms. The van der Waals surface area contributed by atoms with E-state index in [1.54, 1.807) is 0 Å². The zero-order valence-electron chi connectivity index (χ0n) is 10.0. The van der Waals surface area contributed by atoms with E-state index in [-0.39, 0.29) is 18.3 Å². The molecule has 0 unspecified atom stereocenters. The van der Waals surface area contributed by atoms with E-state index in [4.69, 9.17) is 14.0 Å². The van der Waals surface area contributed by atoms with Gasteiger partial charge in [0, 0.05) is 0 Å². The van der Waals surface area contributed by atoms with Gasteiger partial charge in [0.2, 0.25) is 0 Å². The van der Waals surface area contributed by atoms with Crippen LogP contribution in [0.15, 0.2) is 11.5 Å². The number of hydrogen-bond donors (Lipinski definition) is 0. The third-order valence-electron chi connectivity index (χ3n) is 3.50. The summed E-state index contributed by atoms with van der Waals surface area (Å²) in [5.41, 5.74) is 0.802. The van der Waals surface area contributed by atoms with Crippen LogP contribution < -0.4 is 0 Å². The minimum atomic E-state index is -0.242. The van der Waals surface area contributed by atoms with Gasteiger partial charge in [-0.15, -0.1) is 0 Å². The van der Waals surface area contributed by atoms with Gasteiger partial charge in [-0.05, 0) is 39.7 Å². The molecule has 0 aromatic rings. The minimum absolute atomic E-state index is 0.216. The summed E-state index contributed by atoms with van der Waals surface area (Å²) >= 11 is 0. The molecule has 0 radical (unpaired) electrons. The van der Waals surface area contributed by atoms with Gasteiger partial charge in [0.25, 0.3) is 0 Å². The first-order valence-electron chi connectivity index (χ1n) is 5.54. The molecule has 0 N–H and O–H groups in total. The van der Waals surface area contributed by atoms with E-state index in [1.165, 1.54) is 5.57 Å². The first-order chi connectivity index (χ1) is 6.91. The number of rotatable bonds is 1. The molecule has 2 fully saturated rings. The maximum absolute atomic E-state index is 5.87. The second-order valence-electron chi connectivity index (χ2n) is 5.25. The summed E-state index contributed by atoms with van der Waals surface area (Å²) in [5, 5.41) is 0. The highest BCUT2D eigenvalue weighted by Gasteiger charge is 2.50. The molecule has 0 bridgehead atoms. The normalized spacial score (nSPS) is 31.5. The van der Waals surface area contributed by atoms with Crippen LogP contribution in [0, 0.1) is 0 Å². The molecule has 84 valence electrons. The van der Waals surface area contributed by atoms with Crippen molar-refractivity contribution in [3.63, 3.8) is 0 Å². The van der Waals surface area contributed by atoms with Crippen molar-refractivity contribution in [3.05, 3.63) is 11.5 Å². The van der Waals surface area contributed by atoms with Crippen LogP contribution in [0.1, 0.15) is 34.1 Å². The summed E-state index contributed by atoms with van der Waals surface area (Å²) < 4.78 is 17.0. The fourth-order valence-electron chi connectivity index (χ4n) is 1.76. The van der Waals surface area contributed by atoms with Crippen LogP contribution in [0.25, 0.3) is 0 Å². The third kappa shape index (κ3) is 2.12. The molecule has 0 aliphatic carbocycles. The molecule has 2 heterocycles. The predicted octanol–water partition coefficient (Wildman–Crippen LogP) is 1.96. The molecular weight excluding hydrogens is 191 g/mol. The third-order valence-corrected chi connectivity index (χ3v) is 3.50. The Morgan fingerprint density at radius 3 is 2.20 bits per heavy atom. The van der Waals surface area contributed by atoms with Crippen LogP contribution in [-0.2, 0) is 14.0 Å². The predicted molar refractivity (Wildman–Crippen MR) is 59.6 cm³/mol. The highest BCUT2D eigenvalue weighted by atomic mass is 16.7. The largest absolute Gasteiger partial charge is 0.487 e. The van der Waals surface area contributed by atoms with E-state index in [2.05, 4.69) is 33.7 Å². The molecule has 2 saturated heterocycles. The molecule has 0 amide bonds. The molecular formula is C11H19BO3. The van der Waals surface area contributed by atoms with Crippen molar-refractivity contribution in [1.82, 2.24) is 0 Å². The Morgan fingerprint density at radius 1 is 1.13 bits per heavy atom. The average Bonchev–Trinajstić information content (AvgIpc) is 2.59. The zero-order chi connectivity index (χ0) is 11.1. The van der Waals surface area contributed by atoms with Gasteiger partial charge in [0.15, 0.2) is 0 Å². The van der Waals surface area contributed by atoms with E-state index < -0.39 is 0 Å². The van der Waals surface area contributed by atoms with Gasteiger partial charge in [-0.1, -0.05) is 5.98 Å². The summed E-state index contributed by atoms with van der Waals surface area (Å²) in [7, 11) is -0.216. The van der Waals surface area contributed by atoms with Crippen molar-refractivity contribution in [2.24, 2.45) is 0 Å². The maximum atomic E-state index is 5.87. The lowest BCUT2D eigenvalue weighted by Gasteiger charge is -2.32. The standard InChI is InChI=1S/C11H19BO3/c1-10(2)11(3,4)15-12(14-10)7-9-5-6-13-8-9/h7H,5-6,8H2,1-4H3. The first-order valence-corrected chi connectivity index (χ1v) is 5.54. The molecule has 2 aliphatic heterocycles. The van der Waals surface area contributed by atoms with Gasteiger partial charge in [0.05, 0.1) is 24.4 Å². The molecule has 0 spiro atoms. The average molecular weight is 210 g/mol. The second-order valence-corrected chi connectivity index (χ2v) is 5.25. The van der Waals surface area contributed by atoms with E-state index in [0.717, 1.165) is 19.6 Å². The first kappa shape index (κ1) is 11.2. The van der Waals surface area contributed by atoms with Crippen LogP contribution in [0.2, 0.25) is 0 Å². The van der Waals surface area contributed by atoms with Crippen LogP contribution in [0.3, 0.4) is 0 Å². The molecule has 2 aliphatic rings. The van der Waals surface area contributed by atoms with Crippen LogP contribution in [0.4, 0.5) is 0 Å². The molecule has 0 saturated carbocycles. The Morgan fingerprint density at radius 2 is 1.73 bits per heavy atom. The van der Waals surface area contributed by atoms with Crippen molar-refractivity contribution >= 4 is 7.12 Å². The highest BCUT2D eigenvalue weighted by Crippen LogP contribution is 2.37. The van der Waals surface area contributed by atoms with Gasteiger partial charge < -0.3 is 14.0 Å². The van der Waals surface area contributed by atoms with Crippen molar-refractivity contribution in [1.29, 1.82) is 0 Å². The van der Waals surface area contributed by atoms with E-state index in [0.29, 0.717) is 0 Å². The summed E-state index contributed by atoms with van der Waals surface area (Å²) in [5.74, 6) is 2.06. The summed E-state index contributed by atoms with van der Waals surface area (Å²) in [6, 6.07) is 0. The highest BCUT2D eigenvalue weighted by molar-refractivity contribution is 6.51. The Balaban J connectivity index is 2.06. The topological polar surface area (TPSA) is 27.7 Å². The summed E-state index contributed by atoms with van der Waals surface area (Å²) in [4.78, 5) is 0. The summed E-state index contributed by atoms with van der Waals surface area (Å²) in [6.45, 7) is 9.82. The van der Waals surface area contributed by atoms with Crippen molar-refractivity contribution in [2.45, 2.75) is 45.3 Å². The minimum Gasteiger partial charge on any atom is -0.400 e. The Bertz CT molecular complexity index is 260. The quantitative estimate of drug-likeness (QED) is 0.619. The van der Waals surface area contributed by atoms with Crippen molar-refractivity contribution in [2.75, 3.05) is 13.2 Å². The van der Waals surface area contributed by atoms with Gasteiger partial charge in [-0.2, -0.15) is 0 Å². The van der Waals surface area contributed by atoms with Gasteiger partial charge >= 0.3 is 7.12 Å². The van der Waals surface area contributed by atoms with Crippen LogP contribution in [-0.4, -0.2) is 31.5 Å². The molecule has 0 aromatic carbocycles. The fraction of sp³-hybridized carbons (Fsp3) is 0.818. The molecule has 3 nitrogen and oxygen atoms in total. The Hall–Kier alpha value is -0.315. The zero-order valence-corrected chi connectivity index (χ0v) is 10.0. The monoisotopic (exact) mass is 210 g/mol. The van der Waals surface area contributed by atoms with E-state index >= 15 is 0 Å². The molecule has 0 aromatic heterocycles. The SMILES string of the molecule is CC1(C)OB(C=C2CCOC2)OC1(C)C. The fourth-order valence-corrected chi connectivity index (χ4v) is 1.76. The molecule has 0 atom stereocenters. The Kier molecular flexibility index (Phi) is 2.69. The van der Waals surface area contributed by atoms with Crippen molar-refractivity contribution < 1.29 is 14.0 Å². The maximum Gasteiger partial charge on any atom is 0.487 e. The van der Waals surface area contributed by atoms with Crippen LogP contribution >= 0.6 is 0 Å². The lowest BCUT2D eigenvalue weighted by molar-refractivity contribution is 0.00578.